The van der Waals surface area contributed by atoms with Crippen LogP contribution in [0.5, 0.6) is 0 Å². The Bertz CT molecular complexity index is 512. The molecule has 0 bridgehead atoms. The second-order valence-electron chi connectivity index (χ2n) is 5.72. The molecule has 5 heteroatoms. The largest absolute Gasteiger partial charge is 0.390 e. The normalized spacial score (nSPS) is 13.9. The van der Waals surface area contributed by atoms with Crippen LogP contribution >= 0.6 is 0 Å². The summed E-state index contributed by atoms with van der Waals surface area (Å²) >= 11 is 0. The smallest absolute Gasteiger partial charge is 0.286 e. The molecule has 0 saturated heterocycles. The molecule has 0 heterocycles. The van der Waals surface area contributed by atoms with Crippen LogP contribution in [0, 0.1) is 16.7 Å². The molecular formula is C20H29NO4. The molecule has 0 aliphatic rings. The Morgan fingerprint density at radius 1 is 1.08 bits per heavy atom. The Balaban J connectivity index is 3.91. The van der Waals surface area contributed by atoms with Gasteiger partial charge in [-0.1, -0.05) is 62.3 Å². The Hall–Kier alpha value is -2.03. The number of nitroso groups, excluding NO2 is 1. The Morgan fingerprint density at radius 2 is 1.84 bits per heavy atom. The van der Waals surface area contributed by atoms with Crippen LogP contribution < -0.4 is 0 Å². The molecule has 0 aromatic carbocycles. The molecule has 138 valence electrons. The molecular weight excluding hydrogens is 318 g/mol. The Labute approximate surface area is 150 Å². The van der Waals surface area contributed by atoms with Crippen LogP contribution in [0.3, 0.4) is 0 Å². The number of aliphatic hydroxyl groups excluding tert-OH is 2. The van der Waals surface area contributed by atoms with Gasteiger partial charge in [-0.05, 0) is 37.8 Å². The lowest BCUT2D eigenvalue weighted by molar-refractivity contribution is -0.118. The van der Waals surface area contributed by atoms with Gasteiger partial charge in [-0.3, -0.25) is 4.79 Å². The van der Waals surface area contributed by atoms with E-state index in [-0.39, 0.29) is 12.8 Å². The van der Waals surface area contributed by atoms with Gasteiger partial charge in [0.2, 0.25) is 0 Å². The van der Waals surface area contributed by atoms with Crippen LogP contribution in [0.2, 0.25) is 0 Å². The maximum Gasteiger partial charge on any atom is 0.286 e. The summed E-state index contributed by atoms with van der Waals surface area (Å²) in [6.45, 7) is 2.19. The van der Waals surface area contributed by atoms with Crippen LogP contribution in [-0.4, -0.2) is 28.3 Å². The van der Waals surface area contributed by atoms with Gasteiger partial charge in [0, 0.05) is 11.6 Å². The average Bonchev–Trinajstić information content (AvgIpc) is 2.62. The van der Waals surface area contributed by atoms with Crippen LogP contribution in [0.25, 0.3) is 0 Å². The zero-order valence-corrected chi connectivity index (χ0v) is 14.9. The lowest BCUT2D eigenvalue weighted by Gasteiger charge is -2.13. The van der Waals surface area contributed by atoms with E-state index in [0.717, 1.165) is 6.42 Å². The van der Waals surface area contributed by atoms with Gasteiger partial charge in [0.25, 0.3) is 5.91 Å². The van der Waals surface area contributed by atoms with E-state index in [1.165, 1.54) is 31.8 Å². The molecule has 0 aromatic heterocycles. The second-order valence-corrected chi connectivity index (χ2v) is 5.72. The van der Waals surface area contributed by atoms with E-state index in [9.17, 15) is 19.9 Å². The van der Waals surface area contributed by atoms with E-state index in [4.69, 9.17) is 0 Å². The molecule has 0 aromatic rings. The highest BCUT2D eigenvalue weighted by Gasteiger charge is 2.13. The summed E-state index contributed by atoms with van der Waals surface area (Å²) in [5.41, 5.74) is 0. The topological polar surface area (TPSA) is 87.0 Å². The fourth-order valence-corrected chi connectivity index (χ4v) is 2.02. The summed E-state index contributed by atoms with van der Waals surface area (Å²) in [6, 6.07) is 0. The van der Waals surface area contributed by atoms with Gasteiger partial charge in [-0.15, -0.1) is 4.91 Å². The molecule has 0 unspecified atom stereocenters. The van der Waals surface area contributed by atoms with Crippen molar-refractivity contribution in [2.24, 2.45) is 5.18 Å². The van der Waals surface area contributed by atoms with Gasteiger partial charge in [0.05, 0.1) is 12.2 Å². The van der Waals surface area contributed by atoms with Crippen molar-refractivity contribution in [2.75, 3.05) is 0 Å². The number of nitrogens with zero attached hydrogens (tertiary/aromatic N) is 1. The summed E-state index contributed by atoms with van der Waals surface area (Å²) in [6.07, 6.45) is 14.8. The third-order valence-electron chi connectivity index (χ3n) is 3.49. The molecule has 2 N–H and O–H groups in total. The number of hydrogen-bond acceptors (Lipinski definition) is 4. The minimum Gasteiger partial charge on any atom is -0.390 e. The van der Waals surface area contributed by atoms with Gasteiger partial charge in [-0.2, -0.15) is 0 Å². The molecule has 0 radical (unpaired) electrons. The highest BCUT2D eigenvalue weighted by molar-refractivity contribution is 5.76. The third-order valence-corrected chi connectivity index (χ3v) is 3.49. The molecule has 1 amide bonds. The summed E-state index contributed by atoms with van der Waals surface area (Å²) in [7, 11) is 0. The number of unbranched alkanes of at least 4 members (excludes halogenated alkanes) is 4. The first-order valence-corrected chi connectivity index (χ1v) is 8.83. The molecule has 0 aliphatic carbocycles. The Kier molecular flexibility index (Phi) is 15.4. The minimum absolute atomic E-state index is 0.0153. The molecule has 2 atom stereocenters. The van der Waals surface area contributed by atoms with Crippen molar-refractivity contribution in [1.82, 2.24) is 0 Å². The van der Waals surface area contributed by atoms with Crippen molar-refractivity contribution in [3.63, 3.8) is 0 Å². The monoisotopic (exact) mass is 347 g/mol. The van der Waals surface area contributed by atoms with E-state index in [1.54, 1.807) is 18.2 Å². The van der Waals surface area contributed by atoms with E-state index >= 15 is 0 Å². The van der Waals surface area contributed by atoms with Crippen molar-refractivity contribution in [3.8, 4) is 11.8 Å². The van der Waals surface area contributed by atoms with E-state index in [0.29, 0.717) is 6.42 Å². The first-order valence-electron chi connectivity index (χ1n) is 8.83. The average molecular weight is 347 g/mol. The molecule has 0 saturated carbocycles. The predicted octanol–water partition coefficient (Wildman–Crippen LogP) is 3.81. The zero-order chi connectivity index (χ0) is 18.8. The van der Waals surface area contributed by atoms with Crippen LogP contribution in [0.15, 0.2) is 41.6 Å². The van der Waals surface area contributed by atoms with Gasteiger partial charge >= 0.3 is 0 Å². The standard InChI is InChI=1S/C20H29NO4/c1-2-3-4-5-6-7-8-9-10-11-12-13-15-18(22)19(23)16-14-17-20(24)21-25/h7-8,11-13,15,18-19,22-23H,2-6,14,16-17H2,1H3/b8-7+,12-11+,15-13+/t18-,19+/m1/s1. The number of carbonyl (C=O) groups is 1. The van der Waals surface area contributed by atoms with Crippen molar-refractivity contribution in [3.05, 3.63) is 41.4 Å². The SMILES string of the molecule is CCCCCC/C=C/C#C/C=C/C=C/[C@@H](O)[C@@H](O)CCCC(=O)N=O. The predicted molar refractivity (Wildman–Crippen MR) is 101 cm³/mol. The van der Waals surface area contributed by atoms with Crippen LogP contribution in [-0.2, 0) is 4.79 Å². The Morgan fingerprint density at radius 3 is 2.56 bits per heavy atom. The molecule has 25 heavy (non-hydrogen) atoms. The first kappa shape index (κ1) is 23.0. The van der Waals surface area contributed by atoms with E-state index in [2.05, 4.69) is 30.0 Å². The quantitative estimate of drug-likeness (QED) is 0.243. The molecule has 0 spiro atoms. The minimum atomic E-state index is -1.03. The highest BCUT2D eigenvalue weighted by Crippen LogP contribution is 2.07. The molecule has 0 aliphatic heterocycles. The van der Waals surface area contributed by atoms with Crippen molar-refractivity contribution < 1.29 is 15.0 Å². The van der Waals surface area contributed by atoms with Gasteiger partial charge in [0.15, 0.2) is 0 Å². The number of carbonyl (C=O) groups excluding carboxylic acids is 1. The summed E-state index contributed by atoms with van der Waals surface area (Å²) in [5, 5.41) is 21.7. The number of aliphatic hydroxyl groups is 2. The van der Waals surface area contributed by atoms with Crippen molar-refractivity contribution in [2.45, 2.75) is 70.5 Å². The fourth-order valence-electron chi connectivity index (χ4n) is 2.02. The number of rotatable bonds is 12. The van der Waals surface area contributed by atoms with Crippen molar-refractivity contribution >= 4 is 5.91 Å². The molecule has 0 rings (SSSR count). The second kappa shape index (κ2) is 16.8. The van der Waals surface area contributed by atoms with Crippen LogP contribution in [0.1, 0.15) is 58.3 Å². The zero-order valence-electron chi connectivity index (χ0n) is 14.9. The van der Waals surface area contributed by atoms with Gasteiger partial charge in [0.1, 0.15) is 0 Å². The van der Waals surface area contributed by atoms with Crippen molar-refractivity contribution in [1.29, 1.82) is 0 Å². The summed E-state index contributed by atoms with van der Waals surface area (Å²) < 4.78 is 0. The lowest BCUT2D eigenvalue weighted by atomic mass is 10.1. The van der Waals surface area contributed by atoms with E-state index in [1.807, 2.05) is 6.08 Å². The maximum atomic E-state index is 10.7. The van der Waals surface area contributed by atoms with E-state index < -0.39 is 18.1 Å². The number of allylic oxidation sites excluding steroid dienone is 5. The molecule has 0 fully saturated rings. The summed E-state index contributed by atoms with van der Waals surface area (Å²) in [4.78, 5) is 20.6. The summed E-state index contributed by atoms with van der Waals surface area (Å²) in [5.74, 6) is 5.01. The number of amides is 1. The fraction of sp³-hybridized carbons (Fsp3) is 0.550. The van der Waals surface area contributed by atoms with Gasteiger partial charge in [-0.25, -0.2) is 0 Å². The lowest BCUT2D eigenvalue weighted by Crippen LogP contribution is -2.23. The highest BCUT2D eigenvalue weighted by atomic mass is 16.3. The maximum absolute atomic E-state index is 10.7. The number of hydrogen-bond donors (Lipinski definition) is 2. The first-order chi connectivity index (χ1) is 12.1. The van der Waals surface area contributed by atoms with Crippen LogP contribution in [0.4, 0.5) is 0 Å². The molecule has 5 nitrogen and oxygen atoms in total. The third kappa shape index (κ3) is 15.2. The van der Waals surface area contributed by atoms with Gasteiger partial charge < -0.3 is 10.2 Å².